The Morgan fingerprint density at radius 2 is 1.79 bits per heavy atom. The summed E-state index contributed by atoms with van der Waals surface area (Å²) in [5.74, 6) is -1.01. The molecule has 3 rings (SSSR count). The number of carbonyl (C=O) groups is 3. The highest BCUT2D eigenvalue weighted by Crippen LogP contribution is 2.33. The normalized spacial score (nSPS) is 25.7. The Labute approximate surface area is 140 Å². The van der Waals surface area contributed by atoms with Gasteiger partial charge in [0.1, 0.15) is 0 Å². The molecule has 1 atom stereocenters. The summed E-state index contributed by atoms with van der Waals surface area (Å²) in [6, 6.07) is 8.25. The van der Waals surface area contributed by atoms with Crippen molar-refractivity contribution >= 4 is 17.8 Å². The van der Waals surface area contributed by atoms with E-state index in [4.69, 9.17) is 4.74 Å². The number of carbonyl (C=O) groups excluding carboxylic acids is 3. The zero-order valence-corrected chi connectivity index (χ0v) is 13.7. The van der Waals surface area contributed by atoms with Crippen LogP contribution >= 0.6 is 0 Å². The van der Waals surface area contributed by atoms with E-state index in [0.29, 0.717) is 31.9 Å². The van der Waals surface area contributed by atoms with E-state index in [9.17, 15) is 14.4 Å². The van der Waals surface area contributed by atoms with E-state index >= 15 is 0 Å². The third-order valence-electron chi connectivity index (χ3n) is 4.71. The predicted molar refractivity (Wildman–Crippen MR) is 86.1 cm³/mol. The molecule has 0 saturated carbocycles. The van der Waals surface area contributed by atoms with E-state index in [-0.39, 0.29) is 13.1 Å². The summed E-state index contributed by atoms with van der Waals surface area (Å²) in [5, 5.41) is 2.36. The molecule has 7 heteroatoms. The van der Waals surface area contributed by atoms with Crippen LogP contribution in [0.2, 0.25) is 0 Å². The number of hydrogen-bond acceptors (Lipinski definition) is 5. The van der Waals surface area contributed by atoms with E-state index in [1.807, 2.05) is 11.0 Å². The van der Waals surface area contributed by atoms with Crippen LogP contribution in [0.25, 0.3) is 0 Å². The van der Waals surface area contributed by atoms with Gasteiger partial charge in [-0.1, -0.05) is 37.3 Å². The van der Waals surface area contributed by atoms with Crippen molar-refractivity contribution in [2.75, 3.05) is 33.0 Å². The fraction of sp³-hybridized carbons (Fsp3) is 0.471. The molecular formula is C17H21N3O4. The molecule has 2 heterocycles. The van der Waals surface area contributed by atoms with E-state index in [0.717, 1.165) is 4.90 Å². The summed E-state index contributed by atoms with van der Waals surface area (Å²) in [6.45, 7) is 4.38. The number of hydrogen-bond donors (Lipinski definition) is 1. The van der Waals surface area contributed by atoms with Gasteiger partial charge in [-0.15, -0.1) is 0 Å². The summed E-state index contributed by atoms with van der Waals surface area (Å²) < 4.78 is 5.29. The average Bonchev–Trinajstić information content (AvgIpc) is 2.61. The van der Waals surface area contributed by atoms with Gasteiger partial charge >= 0.3 is 6.03 Å². The minimum atomic E-state index is -1.36. The molecule has 2 saturated heterocycles. The largest absolute Gasteiger partial charge is 0.379 e. The second kappa shape index (κ2) is 6.70. The first-order chi connectivity index (χ1) is 11.6. The third kappa shape index (κ3) is 2.70. The molecule has 2 fully saturated rings. The van der Waals surface area contributed by atoms with Crippen molar-refractivity contribution in [2.45, 2.75) is 18.8 Å². The zero-order valence-electron chi connectivity index (χ0n) is 13.7. The summed E-state index contributed by atoms with van der Waals surface area (Å²) in [7, 11) is 0. The van der Waals surface area contributed by atoms with Gasteiger partial charge in [0, 0.05) is 13.1 Å². The summed E-state index contributed by atoms with van der Waals surface area (Å²) in [6.07, 6.45) is 0.286. The van der Waals surface area contributed by atoms with Crippen LogP contribution in [0.3, 0.4) is 0 Å². The van der Waals surface area contributed by atoms with Crippen LogP contribution in [0.1, 0.15) is 18.9 Å². The molecule has 1 aromatic rings. The maximum absolute atomic E-state index is 13.2. The molecule has 1 N–H and O–H groups in total. The van der Waals surface area contributed by atoms with Crippen LogP contribution in [0, 0.1) is 0 Å². The minimum absolute atomic E-state index is 0.163. The Hall–Kier alpha value is -2.25. The molecule has 2 aliphatic rings. The molecule has 1 aromatic carbocycles. The summed E-state index contributed by atoms with van der Waals surface area (Å²) >= 11 is 0. The van der Waals surface area contributed by atoms with Crippen molar-refractivity contribution in [1.82, 2.24) is 15.1 Å². The van der Waals surface area contributed by atoms with Crippen LogP contribution in [0.5, 0.6) is 0 Å². The highest BCUT2D eigenvalue weighted by molar-refractivity contribution is 6.22. The molecule has 0 radical (unpaired) electrons. The quantitative estimate of drug-likeness (QED) is 0.822. The van der Waals surface area contributed by atoms with E-state index in [2.05, 4.69) is 5.32 Å². The summed E-state index contributed by atoms with van der Waals surface area (Å²) in [5.41, 5.74) is -0.754. The zero-order chi connectivity index (χ0) is 17.2. The Balaban J connectivity index is 1.92. The van der Waals surface area contributed by atoms with Gasteiger partial charge in [0.05, 0.1) is 19.9 Å². The van der Waals surface area contributed by atoms with Gasteiger partial charge < -0.3 is 4.74 Å². The molecule has 7 nitrogen and oxygen atoms in total. The van der Waals surface area contributed by atoms with Crippen molar-refractivity contribution < 1.29 is 19.1 Å². The number of urea groups is 1. The van der Waals surface area contributed by atoms with Gasteiger partial charge in [-0.2, -0.15) is 0 Å². The van der Waals surface area contributed by atoms with E-state index in [1.165, 1.54) is 0 Å². The number of nitrogens with one attached hydrogen (secondary N) is 1. The lowest BCUT2D eigenvalue weighted by molar-refractivity contribution is -0.147. The molecule has 24 heavy (non-hydrogen) atoms. The number of rotatable bonds is 4. The third-order valence-corrected chi connectivity index (χ3v) is 4.71. The van der Waals surface area contributed by atoms with Crippen molar-refractivity contribution in [3.63, 3.8) is 0 Å². The fourth-order valence-corrected chi connectivity index (χ4v) is 3.26. The average molecular weight is 331 g/mol. The van der Waals surface area contributed by atoms with Crippen LogP contribution < -0.4 is 5.32 Å². The number of ether oxygens (including phenoxy) is 1. The second-order valence-corrected chi connectivity index (χ2v) is 5.99. The maximum atomic E-state index is 13.2. The first-order valence-electron chi connectivity index (χ1n) is 8.12. The monoisotopic (exact) mass is 331 g/mol. The molecule has 0 aliphatic carbocycles. The first kappa shape index (κ1) is 16.6. The van der Waals surface area contributed by atoms with Gasteiger partial charge in [-0.25, -0.2) is 9.69 Å². The topological polar surface area (TPSA) is 79.0 Å². The van der Waals surface area contributed by atoms with Crippen molar-refractivity contribution in [2.24, 2.45) is 0 Å². The molecule has 1 unspecified atom stereocenters. The molecule has 0 bridgehead atoms. The van der Waals surface area contributed by atoms with Gasteiger partial charge in [-0.3, -0.25) is 19.8 Å². The number of benzene rings is 1. The predicted octanol–water partition coefficient (Wildman–Crippen LogP) is 0.702. The lowest BCUT2D eigenvalue weighted by Crippen LogP contribution is -2.67. The number of barbiturate groups is 1. The highest BCUT2D eigenvalue weighted by atomic mass is 16.5. The van der Waals surface area contributed by atoms with Crippen molar-refractivity contribution in [3.8, 4) is 0 Å². The lowest BCUT2D eigenvalue weighted by Gasteiger charge is -2.41. The minimum Gasteiger partial charge on any atom is -0.379 e. The highest BCUT2D eigenvalue weighted by Gasteiger charge is 2.54. The molecule has 128 valence electrons. The molecule has 2 aliphatic heterocycles. The SMILES string of the molecule is CCC1(c2ccccc2)C(=O)NC(=O)N(CN2CCOCC2)C1=O. The number of morpholine rings is 1. The Bertz CT molecular complexity index is 642. The van der Waals surface area contributed by atoms with Crippen molar-refractivity contribution in [3.05, 3.63) is 35.9 Å². The van der Waals surface area contributed by atoms with Crippen LogP contribution in [0.15, 0.2) is 30.3 Å². The maximum Gasteiger partial charge on any atom is 0.331 e. The van der Waals surface area contributed by atoms with Gasteiger partial charge in [0.25, 0.3) is 5.91 Å². The molecule has 0 aromatic heterocycles. The number of nitrogens with zero attached hydrogens (tertiary/aromatic N) is 2. The second-order valence-electron chi connectivity index (χ2n) is 5.99. The fourth-order valence-electron chi connectivity index (χ4n) is 3.26. The molecule has 4 amide bonds. The van der Waals surface area contributed by atoms with Gasteiger partial charge in [0.15, 0.2) is 5.41 Å². The Morgan fingerprint density at radius 3 is 2.42 bits per heavy atom. The number of amides is 4. The van der Waals surface area contributed by atoms with Crippen LogP contribution in [0.4, 0.5) is 4.79 Å². The smallest absolute Gasteiger partial charge is 0.331 e. The molecule has 0 spiro atoms. The van der Waals surface area contributed by atoms with E-state index < -0.39 is 23.3 Å². The summed E-state index contributed by atoms with van der Waals surface area (Å²) in [4.78, 5) is 41.1. The van der Waals surface area contributed by atoms with Crippen LogP contribution in [-0.4, -0.2) is 60.6 Å². The van der Waals surface area contributed by atoms with Gasteiger partial charge in [-0.05, 0) is 12.0 Å². The first-order valence-corrected chi connectivity index (χ1v) is 8.12. The Kier molecular flexibility index (Phi) is 4.64. The van der Waals surface area contributed by atoms with Gasteiger partial charge in [0.2, 0.25) is 5.91 Å². The Morgan fingerprint density at radius 1 is 1.12 bits per heavy atom. The van der Waals surface area contributed by atoms with Crippen LogP contribution in [-0.2, 0) is 19.7 Å². The standard InChI is InChI=1S/C17H21N3O4/c1-2-17(13-6-4-3-5-7-13)14(21)18-16(23)20(15(17)22)12-19-8-10-24-11-9-19/h3-7H,2,8-12H2,1H3,(H,18,21,23). The van der Waals surface area contributed by atoms with Crippen molar-refractivity contribution in [1.29, 1.82) is 0 Å². The van der Waals surface area contributed by atoms with E-state index in [1.54, 1.807) is 31.2 Å². The molecular weight excluding hydrogens is 310 g/mol. The lowest BCUT2D eigenvalue weighted by atomic mass is 9.75. The number of imide groups is 2.